The van der Waals surface area contributed by atoms with Crippen molar-refractivity contribution in [3.8, 4) is 11.4 Å². The van der Waals surface area contributed by atoms with E-state index in [1.807, 2.05) is 0 Å². The molecule has 1 atom stereocenters. The molecule has 0 radical (unpaired) electrons. The van der Waals surface area contributed by atoms with Gasteiger partial charge in [0.15, 0.2) is 5.82 Å². The first-order valence-corrected chi connectivity index (χ1v) is 6.76. The molecule has 7 nitrogen and oxygen atoms in total. The maximum atomic E-state index is 13.3. The minimum absolute atomic E-state index is 0.164. The largest absolute Gasteiger partial charge is 0.481 e. The fourth-order valence-electron chi connectivity index (χ4n) is 1.78. The van der Waals surface area contributed by atoms with Crippen molar-refractivity contribution >= 4 is 21.9 Å². The molecule has 21 heavy (non-hydrogen) atoms. The van der Waals surface area contributed by atoms with Gasteiger partial charge in [-0.3, -0.25) is 4.79 Å². The van der Waals surface area contributed by atoms with E-state index in [-0.39, 0.29) is 13.0 Å². The SMILES string of the molecule is COC(CC(=O)O)Cn1nnnc1-c1ccc(F)c(Br)c1. The smallest absolute Gasteiger partial charge is 0.306 e. The molecule has 0 fully saturated rings. The van der Waals surface area contributed by atoms with Crippen LogP contribution in [0.5, 0.6) is 0 Å². The topological polar surface area (TPSA) is 90.1 Å². The molecule has 0 saturated carbocycles. The van der Waals surface area contributed by atoms with Gasteiger partial charge in [0.1, 0.15) is 5.82 Å². The predicted molar refractivity (Wildman–Crippen MR) is 74.0 cm³/mol. The third kappa shape index (κ3) is 3.82. The van der Waals surface area contributed by atoms with Crippen LogP contribution in [0.15, 0.2) is 22.7 Å². The molecule has 0 spiro atoms. The number of aliphatic carboxylic acids is 1. The van der Waals surface area contributed by atoms with Gasteiger partial charge in [0, 0.05) is 12.7 Å². The maximum absolute atomic E-state index is 13.3. The molecule has 0 aliphatic rings. The molecule has 0 aliphatic carbocycles. The van der Waals surface area contributed by atoms with Gasteiger partial charge in [0.25, 0.3) is 0 Å². The summed E-state index contributed by atoms with van der Waals surface area (Å²) in [5, 5.41) is 20.1. The Labute approximate surface area is 127 Å². The Kier molecular flexibility index (Phi) is 4.97. The van der Waals surface area contributed by atoms with E-state index in [4.69, 9.17) is 9.84 Å². The first kappa shape index (κ1) is 15.5. The number of tetrazole rings is 1. The van der Waals surface area contributed by atoms with Crippen LogP contribution in [0, 0.1) is 5.82 Å². The van der Waals surface area contributed by atoms with Crippen molar-refractivity contribution in [3.05, 3.63) is 28.5 Å². The predicted octanol–water partition coefficient (Wildman–Crippen LogP) is 1.73. The highest BCUT2D eigenvalue weighted by atomic mass is 79.9. The Hall–Kier alpha value is -1.87. The normalized spacial score (nSPS) is 12.3. The van der Waals surface area contributed by atoms with Gasteiger partial charge in [-0.15, -0.1) is 5.10 Å². The minimum Gasteiger partial charge on any atom is -0.481 e. The summed E-state index contributed by atoms with van der Waals surface area (Å²) in [5.74, 6) is -0.956. The van der Waals surface area contributed by atoms with Crippen LogP contribution in [0.2, 0.25) is 0 Å². The summed E-state index contributed by atoms with van der Waals surface area (Å²) in [6.45, 7) is 0.181. The lowest BCUT2D eigenvalue weighted by atomic mass is 10.2. The standard InChI is InChI=1S/C12H12BrFN4O3/c1-21-8(5-11(19)20)6-18-12(15-16-17-18)7-2-3-10(14)9(13)4-7/h2-4,8H,5-6H2,1H3,(H,19,20). The average molecular weight is 359 g/mol. The van der Waals surface area contributed by atoms with Crippen LogP contribution in [-0.2, 0) is 16.1 Å². The van der Waals surface area contributed by atoms with Crippen LogP contribution in [0.3, 0.4) is 0 Å². The number of carboxylic acid groups (broad SMARTS) is 1. The second kappa shape index (κ2) is 6.72. The second-order valence-corrected chi connectivity index (χ2v) is 5.12. The summed E-state index contributed by atoms with van der Waals surface area (Å²) in [4.78, 5) is 10.7. The molecule has 2 aromatic rings. The zero-order valence-corrected chi connectivity index (χ0v) is 12.6. The van der Waals surface area contributed by atoms with Crippen molar-refractivity contribution in [2.24, 2.45) is 0 Å². The molecule has 0 saturated heterocycles. The molecule has 112 valence electrons. The Bertz CT molecular complexity index is 649. The molecule has 1 unspecified atom stereocenters. The van der Waals surface area contributed by atoms with Gasteiger partial charge in [-0.25, -0.2) is 9.07 Å². The highest BCUT2D eigenvalue weighted by molar-refractivity contribution is 9.10. The summed E-state index contributed by atoms with van der Waals surface area (Å²) in [5.41, 5.74) is 0.610. The van der Waals surface area contributed by atoms with E-state index in [1.54, 1.807) is 12.1 Å². The number of ether oxygens (including phenoxy) is 1. The first-order valence-electron chi connectivity index (χ1n) is 5.97. The quantitative estimate of drug-likeness (QED) is 0.845. The summed E-state index contributed by atoms with van der Waals surface area (Å²) < 4.78 is 20.1. The van der Waals surface area contributed by atoms with Gasteiger partial charge in [-0.05, 0) is 44.6 Å². The monoisotopic (exact) mass is 358 g/mol. The lowest BCUT2D eigenvalue weighted by Crippen LogP contribution is -2.23. The second-order valence-electron chi connectivity index (χ2n) is 4.27. The van der Waals surface area contributed by atoms with Gasteiger partial charge in [-0.2, -0.15) is 0 Å². The summed E-state index contributed by atoms with van der Waals surface area (Å²) in [6.07, 6.45) is -0.725. The molecule has 9 heteroatoms. The van der Waals surface area contributed by atoms with E-state index >= 15 is 0 Å². The van der Waals surface area contributed by atoms with Crippen molar-refractivity contribution < 1.29 is 19.0 Å². The minimum atomic E-state index is -0.971. The maximum Gasteiger partial charge on any atom is 0.306 e. The number of nitrogens with zero attached hydrogens (tertiary/aromatic N) is 4. The van der Waals surface area contributed by atoms with Crippen LogP contribution >= 0.6 is 15.9 Å². The molecule has 1 aromatic heterocycles. The summed E-state index contributed by atoms with van der Waals surface area (Å²) in [7, 11) is 1.42. The lowest BCUT2D eigenvalue weighted by Gasteiger charge is -2.13. The van der Waals surface area contributed by atoms with Gasteiger partial charge in [0.2, 0.25) is 0 Å². The highest BCUT2D eigenvalue weighted by Crippen LogP contribution is 2.23. The van der Waals surface area contributed by atoms with Crippen LogP contribution in [0.4, 0.5) is 4.39 Å². The number of carboxylic acids is 1. The fourth-order valence-corrected chi connectivity index (χ4v) is 2.16. The van der Waals surface area contributed by atoms with Crippen molar-refractivity contribution in [1.29, 1.82) is 0 Å². The number of rotatable bonds is 6. The van der Waals surface area contributed by atoms with Crippen molar-refractivity contribution in [2.75, 3.05) is 7.11 Å². The number of hydrogen-bond acceptors (Lipinski definition) is 5. The van der Waals surface area contributed by atoms with E-state index in [1.165, 1.54) is 17.9 Å². The highest BCUT2D eigenvalue weighted by Gasteiger charge is 2.17. The number of aromatic nitrogens is 4. The molecular weight excluding hydrogens is 347 g/mol. The van der Waals surface area contributed by atoms with Crippen LogP contribution < -0.4 is 0 Å². The van der Waals surface area contributed by atoms with E-state index in [2.05, 4.69) is 31.5 Å². The van der Waals surface area contributed by atoms with Gasteiger partial charge in [0.05, 0.1) is 23.5 Å². The molecule has 2 rings (SSSR count). The molecule has 1 heterocycles. The Morgan fingerprint density at radius 2 is 2.33 bits per heavy atom. The third-order valence-corrected chi connectivity index (χ3v) is 3.43. The Morgan fingerprint density at radius 3 is 2.95 bits per heavy atom. The average Bonchev–Trinajstić information content (AvgIpc) is 2.88. The molecular formula is C12H12BrFN4O3. The zero-order valence-electron chi connectivity index (χ0n) is 11.0. The van der Waals surface area contributed by atoms with Crippen LogP contribution in [0.1, 0.15) is 6.42 Å². The van der Waals surface area contributed by atoms with Gasteiger partial charge < -0.3 is 9.84 Å². The molecule has 1 aromatic carbocycles. The van der Waals surface area contributed by atoms with E-state index in [0.29, 0.717) is 15.9 Å². The number of benzene rings is 1. The van der Waals surface area contributed by atoms with Crippen LogP contribution in [-0.4, -0.2) is 44.5 Å². The Balaban J connectivity index is 2.25. The molecule has 0 aliphatic heterocycles. The summed E-state index contributed by atoms with van der Waals surface area (Å²) >= 11 is 3.10. The van der Waals surface area contributed by atoms with Crippen molar-refractivity contribution in [3.63, 3.8) is 0 Å². The summed E-state index contributed by atoms with van der Waals surface area (Å²) in [6, 6.07) is 4.39. The van der Waals surface area contributed by atoms with E-state index in [9.17, 15) is 9.18 Å². The number of carbonyl (C=O) groups is 1. The van der Waals surface area contributed by atoms with Crippen LogP contribution in [0.25, 0.3) is 11.4 Å². The van der Waals surface area contributed by atoms with Crippen molar-refractivity contribution in [1.82, 2.24) is 20.2 Å². The third-order valence-electron chi connectivity index (χ3n) is 2.82. The lowest BCUT2D eigenvalue weighted by molar-refractivity contribution is -0.140. The van der Waals surface area contributed by atoms with Crippen molar-refractivity contribution in [2.45, 2.75) is 19.1 Å². The number of hydrogen-bond donors (Lipinski definition) is 1. The van der Waals surface area contributed by atoms with Gasteiger partial charge in [-0.1, -0.05) is 0 Å². The number of methoxy groups -OCH3 is 1. The molecule has 0 amide bonds. The van der Waals surface area contributed by atoms with Gasteiger partial charge >= 0.3 is 5.97 Å². The molecule has 1 N–H and O–H groups in total. The number of halogens is 2. The fraction of sp³-hybridized carbons (Fsp3) is 0.333. The first-order chi connectivity index (χ1) is 10.0. The Morgan fingerprint density at radius 1 is 1.57 bits per heavy atom. The molecule has 0 bridgehead atoms. The van der Waals surface area contributed by atoms with E-state index in [0.717, 1.165) is 0 Å². The zero-order chi connectivity index (χ0) is 15.4. The van der Waals surface area contributed by atoms with E-state index < -0.39 is 17.9 Å².